The molecule has 0 nitrogen and oxygen atoms in total. The Labute approximate surface area is 113 Å². The SMILES string of the molecule is CC(C)C1/C(=C/[Si](C)(C)c2ccccc2)C1(C)C. The zero-order chi connectivity index (χ0) is 13.6. The third kappa shape index (κ3) is 2.33. The fourth-order valence-corrected chi connectivity index (χ4v) is 5.97. The average Bonchev–Trinajstić information content (AvgIpc) is 2.81. The van der Waals surface area contributed by atoms with Crippen molar-refractivity contribution in [3.05, 3.63) is 41.6 Å². The first-order valence-corrected chi connectivity index (χ1v) is 10.1. The molecule has 0 spiro atoms. The molecule has 0 N–H and O–H groups in total. The Kier molecular flexibility index (Phi) is 3.31. The largest absolute Gasteiger partial charge is 0.104 e. The van der Waals surface area contributed by atoms with Crippen molar-refractivity contribution in [2.75, 3.05) is 0 Å². The number of benzene rings is 1. The van der Waals surface area contributed by atoms with Gasteiger partial charge in [-0.25, -0.2) is 0 Å². The fraction of sp³-hybridized carbons (Fsp3) is 0.529. The van der Waals surface area contributed by atoms with Crippen LogP contribution in [0.2, 0.25) is 13.1 Å². The van der Waals surface area contributed by atoms with Crippen molar-refractivity contribution < 1.29 is 0 Å². The number of hydrogen-bond acceptors (Lipinski definition) is 0. The lowest BCUT2D eigenvalue weighted by molar-refractivity contribution is 0.451. The van der Waals surface area contributed by atoms with Crippen LogP contribution in [0.3, 0.4) is 0 Å². The molecule has 1 atom stereocenters. The van der Waals surface area contributed by atoms with E-state index in [-0.39, 0.29) is 0 Å². The highest BCUT2D eigenvalue weighted by Crippen LogP contribution is 2.61. The Balaban J connectivity index is 2.29. The van der Waals surface area contributed by atoms with Gasteiger partial charge in [-0.05, 0) is 17.3 Å². The van der Waals surface area contributed by atoms with Gasteiger partial charge >= 0.3 is 0 Å². The molecule has 0 aromatic heterocycles. The molecule has 18 heavy (non-hydrogen) atoms. The lowest BCUT2D eigenvalue weighted by Crippen LogP contribution is -2.39. The van der Waals surface area contributed by atoms with Crippen molar-refractivity contribution in [2.24, 2.45) is 17.3 Å². The number of hydrogen-bond donors (Lipinski definition) is 0. The summed E-state index contributed by atoms with van der Waals surface area (Å²) in [5.41, 5.74) is 4.79. The summed E-state index contributed by atoms with van der Waals surface area (Å²) in [5, 5.41) is 1.54. The molecule has 1 saturated carbocycles. The second-order valence-electron chi connectivity index (χ2n) is 7.13. The van der Waals surface area contributed by atoms with Gasteiger partial charge in [0.2, 0.25) is 0 Å². The van der Waals surface area contributed by atoms with Crippen LogP contribution in [0.1, 0.15) is 27.7 Å². The van der Waals surface area contributed by atoms with E-state index in [4.69, 9.17) is 0 Å². The van der Waals surface area contributed by atoms with Crippen LogP contribution >= 0.6 is 0 Å². The van der Waals surface area contributed by atoms with Gasteiger partial charge in [0.25, 0.3) is 0 Å². The molecule has 0 aliphatic heterocycles. The van der Waals surface area contributed by atoms with Crippen LogP contribution < -0.4 is 5.19 Å². The molecule has 1 aliphatic rings. The molecule has 1 aliphatic carbocycles. The van der Waals surface area contributed by atoms with Crippen molar-refractivity contribution in [3.63, 3.8) is 0 Å². The normalized spacial score (nSPS) is 24.6. The third-order valence-corrected chi connectivity index (χ3v) is 7.33. The fourth-order valence-electron chi connectivity index (χ4n) is 3.42. The van der Waals surface area contributed by atoms with Crippen molar-refractivity contribution in [1.29, 1.82) is 0 Å². The summed E-state index contributed by atoms with van der Waals surface area (Å²) in [6.45, 7) is 14.4. The highest BCUT2D eigenvalue weighted by molar-refractivity contribution is 6.94. The Morgan fingerprint density at radius 1 is 1.11 bits per heavy atom. The quantitative estimate of drug-likeness (QED) is 0.706. The average molecular weight is 258 g/mol. The van der Waals surface area contributed by atoms with Crippen molar-refractivity contribution in [1.82, 2.24) is 0 Å². The molecule has 1 aromatic carbocycles. The summed E-state index contributed by atoms with van der Waals surface area (Å²) in [4.78, 5) is 0. The minimum atomic E-state index is -1.42. The smallest absolute Gasteiger partial charge is 0.0902 e. The van der Waals surface area contributed by atoms with Gasteiger partial charge in [0, 0.05) is 0 Å². The van der Waals surface area contributed by atoms with E-state index < -0.39 is 8.07 Å². The van der Waals surface area contributed by atoms with Gasteiger partial charge in [0.15, 0.2) is 0 Å². The van der Waals surface area contributed by atoms with Gasteiger partial charge in [-0.15, -0.1) is 0 Å². The molecular formula is C17H26Si. The summed E-state index contributed by atoms with van der Waals surface area (Å²) in [6.07, 6.45) is 0. The van der Waals surface area contributed by atoms with Crippen LogP contribution in [-0.2, 0) is 0 Å². The number of rotatable bonds is 3. The molecule has 1 fully saturated rings. The Bertz CT molecular complexity index is 452. The molecule has 2 rings (SSSR count). The maximum absolute atomic E-state index is 2.65. The molecular weight excluding hydrogens is 232 g/mol. The topological polar surface area (TPSA) is 0 Å². The Morgan fingerprint density at radius 3 is 2.11 bits per heavy atom. The highest BCUT2D eigenvalue weighted by atomic mass is 28.3. The van der Waals surface area contributed by atoms with Crippen LogP contribution in [0.25, 0.3) is 0 Å². The van der Waals surface area contributed by atoms with E-state index in [0.717, 1.165) is 11.8 Å². The van der Waals surface area contributed by atoms with E-state index in [1.165, 1.54) is 0 Å². The maximum Gasteiger partial charge on any atom is 0.104 e. The number of allylic oxidation sites excluding steroid dienone is 1. The molecule has 98 valence electrons. The van der Waals surface area contributed by atoms with Gasteiger partial charge < -0.3 is 0 Å². The predicted molar refractivity (Wildman–Crippen MR) is 83.8 cm³/mol. The lowest BCUT2D eigenvalue weighted by Gasteiger charge is -2.18. The minimum Gasteiger partial charge on any atom is -0.0902 e. The highest BCUT2D eigenvalue weighted by Gasteiger charge is 2.53. The Hall–Kier alpha value is -0.823. The summed E-state index contributed by atoms with van der Waals surface area (Å²) in [5.74, 6) is 1.57. The summed E-state index contributed by atoms with van der Waals surface area (Å²) >= 11 is 0. The molecule has 0 bridgehead atoms. The molecule has 0 saturated heterocycles. The van der Waals surface area contributed by atoms with Crippen LogP contribution in [0.4, 0.5) is 0 Å². The predicted octanol–water partition coefficient (Wildman–Crippen LogP) is 4.38. The minimum absolute atomic E-state index is 0.438. The monoisotopic (exact) mass is 258 g/mol. The molecule has 0 heterocycles. The summed E-state index contributed by atoms with van der Waals surface area (Å²) in [7, 11) is -1.42. The van der Waals surface area contributed by atoms with E-state index in [2.05, 4.69) is 76.8 Å². The van der Waals surface area contributed by atoms with Crippen molar-refractivity contribution >= 4 is 13.3 Å². The van der Waals surface area contributed by atoms with E-state index in [9.17, 15) is 0 Å². The zero-order valence-electron chi connectivity index (χ0n) is 12.6. The first kappa shape index (κ1) is 13.6. The third-order valence-electron chi connectivity index (χ3n) is 4.47. The van der Waals surface area contributed by atoms with Crippen LogP contribution in [0.5, 0.6) is 0 Å². The second-order valence-corrected chi connectivity index (χ2v) is 11.4. The molecule has 1 heteroatoms. The van der Waals surface area contributed by atoms with Gasteiger partial charge in [-0.3, -0.25) is 0 Å². The van der Waals surface area contributed by atoms with E-state index in [1.807, 2.05) is 0 Å². The van der Waals surface area contributed by atoms with Gasteiger partial charge in [-0.1, -0.05) is 87.6 Å². The van der Waals surface area contributed by atoms with Crippen LogP contribution in [0.15, 0.2) is 41.6 Å². The second kappa shape index (κ2) is 4.38. The van der Waals surface area contributed by atoms with Gasteiger partial charge in [-0.2, -0.15) is 0 Å². The summed E-state index contributed by atoms with van der Waals surface area (Å²) < 4.78 is 0. The van der Waals surface area contributed by atoms with Gasteiger partial charge in [0.1, 0.15) is 8.07 Å². The van der Waals surface area contributed by atoms with Crippen molar-refractivity contribution in [3.8, 4) is 0 Å². The van der Waals surface area contributed by atoms with E-state index >= 15 is 0 Å². The van der Waals surface area contributed by atoms with Gasteiger partial charge in [0.05, 0.1) is 0 Å². The zero-order valence-corrected chi connectivity index (χ0v) is 13.6. The maximum atomic E-state index is 2.65. The van der Waals surface area contributed by atoms with Crippen LogP contribution in [0, 0.1) is 17.3 Å². The molecule has 0 amide bonds. The molecule has 1 unspecified atom stereocenters. The van der Waals surface area contributed by atoms with Crippen LogP contribution in [-0.4, -0.2) is 8.07 Å². The lowest BCUT2D eigenvalue weighted by atomic mass is 10.0. The Morgan fingerprint density at radius 2 is 1.67 bits per heavy atom. The summed E-state index contributed by atoms with van der Waals surface area (Å²) in [6, 6.07) is 11.0. The molecule has 1 aromatic rings. The first-order valence-electron chi connectivity index (χ1n) is 7.05. The van der Waals surface area contributed by atoms with E-state index in [0.29, 0.717) is 5.41 Å². The van der Waals surface area contributed by atoms with Crippen molar-refractivity contribution in [2.45, 2.75) is 40.8 Å². The first-order chi connectivity index (χ1) is 8.27. The molecule has 0 radical (unpaired) electrons. The van der Waals surface area contributed by atoms with E-state index in [1.54, 1.807) is 10.8 Å². The standard InChI is InChI=1S/C17H26Si/c1-13(2)16-15(17(16,3)4)12-18(5,6)14-10-8-7-9-11-14/h7-13,16H,1-6H3/b15-12-.